The molecule has 0 radical (unpaired) electrons. The zero-order chi connectivity index (χ0) is 35.2. The molecule has 264 valence electrons. The molecule has 2 aliphatic heterocycles. The smallest absolute Gasteiger partial charge is 0.252 e. The predicted molar refractivity (Wildman–Crippen MR) is 172 cm³/mol. The van der Waals surface area contributed by atoms with Crippen molar-refractivity contribution in [2.24, 2.45) is 0 Å². The lowest BCUT2D eigenvalue weighted by atomic mass is 9.72. The number of nitrogens with one attached hydrogen (secondary N) is 4. The maximum Gasteiger partial charge on any atom is 0.252 e. The highest BCUT2D eigenvalue weighted by Crippen LogP contribution is 2.52. The number of rotatable bonds is 10. The first-order valence-corrected chi connectivity index (χ1v) is 16.4. The number of benzene rings is 2. The molecule has 49 heavy (non-hydrogen) atoms. The Hall–Kier alpha value is -4.12. The summed E-state index contributed by atoms with van der Waals surface area (Å²) < 4.78 is 23.5. The number of amides is 2. The molecule has 0 saturated carbocycles. The van der Waals surface area contributed by atoms with Gasteiger partial charge in [0.15, 0.2) is 12.1 Å². The summed E-state index contributed by atoms with van der Waals surface area (Å²) in [4.78, 5) is 53.4. The van der Waals surface area contributed by atoms with Crippen LogP contribution in [0.15, 0.2) is 18.2 Å². The lowest BCUT2D eigenvalue weighted by Gasteiger charge is -2.42. The van der Waals surface area contributed by atoms with Crippen molar-refractivity contribution in [3.8, 4) is 17.2 Å². The molecule has 0 bridgehead atoms. The number of methoxy groups -OCH3 is 1. The molecule has 2 amide bonds. The lowest BCUT2D eigenvalue weighted by molar-refractivity contribution is -0.244. The molecule has 2 heterocycles. The minimum Gasteiger partial charge on any atom is -0.507 e. The van der Waals surface area contributed by atoms with Crippen LogP contribution in [0.3, 0.4) is 0 Å². The third kappa shape index (κ3) is 6.37. The van der Waals surface area contributed by atoms with Crippen LogP contribution in [-0.4, -0.2) is 108 Å². The number of hydrogen-bond acceptors (Lipinski definition) is 13. The highest BCUT2D eigenvalue weighted by atomic mass is 16.7. The van der Waals surface area contributed by atoms with Gasteiger partial charge in [-0.3, -0.25) is 24.5 Å². The number of carbonyl (C=O) groups is 4. The Balaban J connectivity index is 1.33. The van der Waals surface area contributed by atoms with E-state index in [-0.39, 0.29) is 77.8 Å². The van der Waals surface area contributed by atoms with Gasteiger partial charge in [0.1, 0.15) is 29.0 Å². The SMILES string of the molecule is COc1cccc2c1C(=O)c1c(O)c3c(c(O)c1C2=O)C[C@@](O)(C(=O)NCCNC(=O)CNC(C)C)C[C@@H]3OC1CC2NCOC2C(C)O1. The van der Waals surface area contributed by atoms with Crippen LogP contribution in [-0.2, 0) is 30.2 Å². The fraction of sp³-hybridized carbons (Fsp3) is 0.529. The monoisotopic (exact) mass is 682 g/mol. The molecule has 2 aromatic carbocycles. The summed E-state index contributed by atoms with van der Waals surface area (Å²) >= 11 is 0. The Morgan fingerprint density at radius 2 is 1.82 bits per heavy atom. The first-order chi connectivity index (χ1) is 23.3. The number of hydrogen-bond donors (Lipinski definition) is 7. The van der Waals surface area contributed by atoms with Crippen molar-refractivity contribution in [2.45, 2.75) is 82.3 Å². The third-order valence-corrected chi connectivity index (χ3v) is 9.51. The number of carbonyl (C=O) groups excluding carboxylic acids is 4. The Morgan fingerprint density at radius 3 is 2.55 bits per heavy atom. The Morgan fingerprint density at radius 1 is 1.08 bits per heavy atom. The highest BCUT2D eigenvalue weighted by molar-refractivity contribution is 6.31. The first-order valence-electron chi connectivity index (χ1n) is 16.4. The fourth-order valence-corrected chi connectivity index (χ4v) is 7.12. The molecule has 6 atom stereocenters. The summed E-state index contributed by atoms with van der Waals surface area (Å²) in [6.45, 7) is 6.13. The van der Waals surface area contributed by atoms with Gasteiger partial charge in [-0.05, 0) is 13.0 Å². The van der Waals surface area contributed by atoms with Crippen molar-refractivity contribution < 1.29 is 53.4 Å². The van der Waals surface area contributed by atoms with Crippen molar-refractivity contribution >= 4 is 23.4 Å². The molecule has 0 spiro atoms. The van der Waals surface area contributed by atoms with Crippen molar-refractivity contribution in [3.05, 3.63) is 51.6 Å². The van der Waals surface area contributed by atoms with Gasteiger partial charge in [-0.25, -0.2) is 0 Å². The quantitative estimate of drug-likeness (QED) is 0.113. The number of phenols is 2. The van der Waals surface area contributed by atoms with Crippen LogP contribution in [0.2, 0.25) is 0 Å². The van der Waals surface area contributed by atoms with Crippen LogP contribution < -0.4 is 26.0 Å². The summed E-state index contributed by atoms with van der Waals surface area (Å²) in [7, 11) is 1.35. The molecule has 2 aromatic rings. The predicted octanol–water partition coefficient (Wildman–Crippen LogP) is 0.297. The van der Waals surface area contributed by atoms with Gasteiger partial charge in [0, 0.05) is 61.1 Å². The Kier molecular flexibility index (Phi) is 9.68. The molecule has 2 aliphatic carbocycles. The second kappa shape index (κ2) is 13.7. The standard InChI is InChI=1S/C34H42N4O11/c1-15(2)37-13-22(39)35-8-9-36-33(44)34(45)11-18-25(21(12-34)49-23-10-19-32(16(3)48-23)47-14-38-19)31(43)27-26(29(18)41)28(40)17-6-5-7-20(46-4)24(17)30(27)42/h5-7,15-16,19,21,23,32,37-38,41,43,45H,8-14H2,1-4H3,(H,35,39)(H,36,44)/t16?,19?,21-,23?,32?,34-/m0/s1. The van der Waals surface area contributed by atoms with E-state index in [0.717, 1.165) is 0 Å². The van der Waals surface area contributed by atoms with Crippen molar-refractivity contribution in [1.29, 1.82) is 0 Å². The number of aliphatic hydroxyl groups is 1. The van der Waals surface area contributed by atoms with Crippen LogP contribution in [0.5, 0.6) is 17.2 Å². The molecule has 15 heteroatoms. The molecular weight excluding hydrogens is 640 g/mol. The van der Waals surface area contributed by atoms with E-state index in [9.17, 15) is 34.5 Å². The van der Waals surface area contributed by atoms with E-state index in [2.05, 4.69) is 21.3 Å². The molecule has 4 aliphatic rings. The van der Waals surface area contributed by atoms with E-state index < -0.39 is 70.9 Å². The van der Waals surface area contributed by atoms with Gasteiger partial charge < -0.3 is 50.2 Å². The number of aromatic hydroxyl groups is 2. The van der Waals surface area contributed by atoms with Crippen molar-refractivity contribution in [1.82, 2.24) is 21.3 Å². The second-order valence-corrected chi connectivity index (χ2v) is 13.2. The molecule has 7 N–H and O–H groups in total. The zero-order valence-electron chi connectivity index (χ0n) is 27.8. The van der Waals surface area contributed by atoms with E-state index in [1.807, 2.05) is 20.8 Å². The van der Waals surface area contributed by atoms with Crippen molar-refractivity contribution in [3.63, 3.8) is 0 Å². The molecular formula is C34H42N4O11. The van der Waals surface area contributed by atoms with Crippen LogP contribution in [0, 0.1) is 0 Å². The highest BCUT2D eigenvalue weighted by Gasteiger charge is 2.51. The zero-order valence-corrected chi connectivity index (χ0v) is 27.8. The van der Waals surface area contributed by atoms with E-state index in [4.69, 9.17) is 18.9 Å². The molecule has 2 fully saturated rings. The lowest BCUT2D eigenvalue weighted by Crippen LogP contribution is -2.54. The second-order valence-electron chi connectivity index (χ2n) is 13.2. The van der Waals surface area contributed by atoms with Crippen LogP contribution in [0.4, 0.5) is 0 Å². The normalized spacial score (nSPS) is 27.2. The maximum absolute atomic E-state index is 13.9. The molecule has 6 rings (SSSR count). The Bertz CT molecular complexity index is 1680. The maximum atomic E-state index is 13.9. The number of ether oxygens (including phenoxy) is 4. The summed E-state index contributed by atoms with van der Waals surface area (Å²) in [5.74, 6) is -3.70. The van der Waals surface area contributed by atoms with Crippen LogP contribution >= 0.6 is 0 Å². The molecule has 0 aromatic heterocycles. The third-order valence-electron chi connectivity index (χ3n) is 9.51. The van der Waals surface area contributed by atoms with Gasteiger partial charge in [0.05, 0.1) is 49.3 Å². The summed E-state index contributed by atoms with van der Waals surface area (Å²) in [5, 5.41) is 46.9. The summed E-state index contributed by atoms with van der Waals surface area (Å²) in [5.41, 5.74) is -3.30. The van der Waals surface area contributed by atoms with Gasteiger partial charge in [0.25, 0.3) is 5.91 Å². The number of ketones is 2. The molecule has 15 nitrogen and oxygen atoms in total. The summed E-state index contributed by atoms with van der Waals surface area (Å²) in [6.07, 6.45) is -3.34. The van der Waals surface area contributed by atoms with Gasteiger partial charge in [-0.2, -0.15) is 0 Å². The minimum absolute atomic E-state index is 0.0159. The van der Waals surface area contributed by atoms with E-state index in [1.54, 1.807) is 0 Å². The molecule has 2 saturated heterocycles. The van der Waals surface area contributed by atoms with Gasteiger partial charge >= 0.3 is 0 Å². The first kappa shape index (κ1) is 34.7. The summed E-state index contributed by atoms with van der Waals surface area (Å²) in [6, 6.07) is 4.46. The number of phenolic OH excluding ortho intramolecular Hbond substituents is 2. The number of fused-ring (bicyclic) bond motifs is 4. The topological polar surface area (TPSA) is 214 Å². The van der Waals surface area contributed by atoms with Crippen LogP contribution in [0.25, 0.3) is 0 Å². The van der Waals surface area contributed by atoms with Gasteiger partial charge in [0.2, 0.25) is 11.7 Å². The van der Waals surface area contributed by atoms with Crippen molar-refractivity contribution in [2.75, 3.05) is 33.5 Å². The largest absolute Gasteiger partial charge is 0.507 e. The molecule has 4 unspecified atom stereocenters. The fourth-order valence-electron chi connectivity index (χ4n) is 7.12. The van der Waals surface area contributed by atoms with E-state index in [0.29, 0.717) is 13.2 Å². The average molecular weight is 683 g/mol. The Labute approximate surface area is 282 Å². The van der Waals surface area contributed by atoms with Crippen LogP contribution in [0.1, 0.15) is 82.7 Å². The van der Waals surface area contributed by atoms with Gasteiger partial charge in [-0.1, -0.05) is 26.0 Å². The van der Waals surface area contributed by atoms with E-state index in [1.165, 1.54) is 25.3 Å². The van der Waals surface area contributed by atoms with E-state index >= 15 is 0 Å². The minimum atomic E-state index is -2.20. The average Bonchev–Trinajstić information content (AvgIpc) is 3.55. The van der Waals surface area contributed by atoms with Gasteiger partial charge in [-0.15, -0.1) is 0 Å².